The molecule has 132 valence electrons. The predicted octanol–water partition coefficient (Wildman–Crippen LogP) is 3.63. The Labute approximate surface area is 150 Å². The minimum Gasteiger partial charge on any atom is -0.495 e. The lowest BCUT2D eigenvalue weighted by Gasteiger charge is -2.23. The minimum atomic E-state index is 0.00497. The Balaban J connectivity index is 1.71. The summed E-state index contributed by atoms with van der Waals surface area (Å²) in [6, 6.07) is 6.80. The van der Waals surface area contributed by atoms with Gasteiger partial charge in [0, 0.05) is 18.1 Å². The summed E-state index contributed by atoms with van der Waals surface area (Å²) in [5, 5.41) is 14.4. The van der Waals surface area contributed by atoms with Crippen molar-refractivity contribution in [2.24, 2.45) is 5.92 Å². The molecule has 3 rings (SSSR count). The van der Waals surface area contributed by atoms with Crippen molar-refractivity contribution in [2.75, 3.05) is 24.9 Å². The van der Waals surface area contributed by atoms with E-state index in [2.05, 4.69) is 20.8 Å². The van der Waals surface area contributed by atoms with Crippen LogP contribution in [0.3, 0.4) is 0 Å². The summed E-state index contributed by atoms with van der Waals surface area (Å²) in [7, 11) is 3.09. The molecule has 1 aromatic carbocycles. The Kier molecular flexibility index (Phi) is 5.23. The fraction of sp³-hybridized carbons (Fsp3) is 0.353. The number of ether oxygens (including phenoxy) is 2. The number of methoxy groups -OCH3 is 2. The molecular weight excluding hydrogens is 344 g/mol. The van der Waals surface area contributed by atoms with Crippen molar-refractivity contribution in [1.82, 2.24) is 10.2 Å². The van der Waals surface area contributed by atoms with Crippen LogP contribution in [0.15, 0.2) is 24.3 Å². The Morgan fingerprint density at radius 2 is 1.80 bits per heavy atom. The zero-order valence-electron chi connectivity index (χ0n) is 14.0. The molecule has 0 radical (unpaired) electrons. The van der Waals surface area contributed by atoms with Gasteiger partial charge >= 0.3 is 0 Å². The number of nitrogens with zero attached hydrogens (tertiary/aromatic N) is 2. The maximum atomic E-state index is 11.9. The average Bonchev–Trinajstić information content (AvgIpc) is 2.56. The third-order valence-electron chi connectivity index (χ3n) is 4.13. The van der Waals surface area contributed by atoms with Gasteiger partial charge < -0.3 is 20.1 Å². The Hall–Kier alpha value is -2.54. The zero-order valence-corrected chi connectivity index (χ0v) is 14.8. The summed E-state index contributed by atoms with van der Waals surface area (Å²) < 4.78 is 10.5. The molecule has 0 saturated heterocycles. The van der Waals surface area contributed by atoms with E-state index in [1.807, 2.05) is 0 Å². The van der Waals surface area contributed by atoms with Crippen LogP contribution < -0.4 is 20.1 Å². The maximum Gasteiger partial charge on any atom is 0.228 e. The van der Waals surface area contributed by atoms with Crippen LogP contribution in [0.5, 0.6) is 11.5 Å². The summed E-state index contributed by atoms with van der Waals surface area (Å²) in [6.45, 7) is 0. The molecule has 2 aromatic rings. The molecule has 7 nitrogen and oxygen atoms in total. The van der Waals surface area contributed by atoms with Crippen molar-refractivity contribution in [2.45, 2.75) is 19.3 Å². The van der Waals surface area contributed by atoms with Crippen LogP contribution in [-0.4, -0.2) is 30.3 Å². The molecule has 0 aliphatic heterocycles. The first-order valence-corrected chi connectivity index (χ1v) is 8.31. The fourth-order valence-electron chi connectivity index (χ4n) is 2.46. The Morgan fingerprint density at radius 3 is 2.36 bits per heavy atom. The van der Waals surface area contributed by atoms with Gasteiger partial charge in [0.05, 0.1) is 24.9 Å². The first-order chi connectivity index (χ1) is 12.1. The van der Waals surface area contributed by atoms with Gasteiger partial charge in [0.2, 0.25) is 5.91 Å². The van der Waals surface area contributed by atoms with Gasteiger partial charge in [0.25, 0.3) is 0 Å². The minimum absolute atomic E-state index is 0.00497. The summed E-state index contributed by atoms with van der Waals surface area (Å²) in [5.41, 5.74) is 0.643. The van der Waals surface area contributed by atoms with Gasteiger partial charge in [-0.2, -0.15) is 0 Å². The standard InChI is InChI=1S/C17H19ClN4O3/c1-24-13-9-12(14(25-2)8-11(13)18)19-15-6-7-16(22-21-15)20-17(23)10-4-3-5-10/h6-10H,3-5H2,1-2H3,(H,19,21)(H,20,22,23). The normalized spacial score (nSPS) is 13.7. The molecule has 1 fully saturated rings. The zero-order chi connectivity index (χ0) is 17.8. The number of halogens is 1. The van der Waals surface area contributed by atoms with Crippen LogP contribution in [0.1, 0.15) is 19.3 Å². The van der Waals surface area contributed by atoms with Crippen LogP contribution >= 0.6 is 11.6 Å². The van der Waals surface area contributed by atoms with E-state index in [4.69, 9.17) is 21.1 Å². The van der Waals surface area contributed by atoms with Gasteiger partial charge in [-0.15, -0.1) is 10.2 Å². The lowest BCUT2D eigenvalue weighted by atomic mass is 9.85. The quantitative estimate of drug-likeness (QED) is 0.816. The van der Waals surface area contributed by atoms with Crippen molar-refractivity contribution in [3.05, 3.63) is 29.3 Å². The topological polar surface area (TPSA) is 85.4 Å². The highest BCUT2D eigenvalue weighted by Gasteiger charge is 2.25. The molecule has 0 spiro atoms. The first kappa shape index (κ1) is 17.3. The molecule has 0 atom stereocenters. The molecule has 1 saturated carbocycles. The lowest BCUT2D eigenvalue weighted by molar-refractivity contribution is -0.122. The molecule has 1 heterocycles. The van der Waals surface area contributed by atoms with Crippen LogP contribution in [-0.2, 0) is 4.79 Å². The van der Waals surface area contributed by atoms with Crippen molar-refractivity contribution in [1.29, 1.82) is 0 Å². The maximum absolute atomic E-state index is 11.9. The van der Waals surface area contributed by atoms with Crippen molar-refractivity contribution in [3.63, 3.8) is 0 Å². The molecule has 1 aliphatic carbocycles. The van der Waals surface area contributed by atoms with Crippen molar-refractivity contribution >= 4 is 34.8 Å². The van der Waals surface area contributed by atoms with E-state index in [1.54, 1.807) is 31.4 Å². The van der Waals surface area contributed by atoms with E-state index < -0.39 is 0 Å². The van der Waals surface area contributed by atoms with E-state index in [1.165, 1.54) is 7.11 Å². The summed E-state index contributed by atoms with van der Waals surface area (Å²) >= 11 is 6.09. The smallest absolute Gasteiger partial charge is 0.228 e. The van der Waals surface area contributed by atoms with E-state index >= 15 is 0 Å². The second-order valence-corrected chi connectivity index (χ2v) is 6.14. The lowest BCUT2D eigenvalue weighted by Crippen LogP contribution is -2.28. The highest BCUT2D eigenvalue weighted by Crippen LogP contribution is 2.37. The van der Waals surface area contributed by atoms with Crippen molar-refractivity contribution < 1.29 is 14.3 Å². The van der Waals surface area contributed by atoms with Crippen LogP contribution in [0.2, 0.25) is 5.02 Å². The van der Waals surface area contributed by atoms with Gasteiger partial charge in [0.1, 0.15) is 11.5 Å². The predicted molar refractivity (Wildman–Crippen MR) is 95.8 cm³/mol. The number of carbonyl (C=O) groups is 1. The van der Waals surface area contributed by atoms with Crippen molar-refractivity contribution in [3.8, 4) is 11.5 Å². The highest BCUT2D eigenvalue weighted by molar-refractivity contribution is 6.32. The third-order valence-corrected chi connectivity index (χ3v) is 4.42. The SMILES string of the molecule is COc1cc(Nc2ccc(NC(=O)C3CCC3)nn2)c(OC)cc1Cl. The van der Waals surface area contributed by atoms with E-state index in [0.717, 1.165) is 19.3 Å². The summed E-state index contributed by atoms with van der Waals surface area (Å²) in [6.07, 6.45) is 2.99. The third kappa shape index (κ3) is 3.93. The number of benzene rings is 1. The Morgan fingerprint density at radius 1 is 1.12 bits per heavy atom. The van der Waals surface area contributed by atoms with Gasteiger partial charge in [-0.1, -0.05) is 18.0 Å². The molecule has 8 heteroatoms. The molecule has 1 aliphatic rings. The number of carbonyl (C=O) groups excluding carboxylic acids is 1. The second-order valence-electron chi connectivity index (χ2n) is 5.73. The van der Waals surface area contributed by atoms with Gasteiger partial charge in [-0.05, 0) is 25.0 Å². The molecule has 2 N–H and O–H groups in total. The number of hydrogen-bond donors (Lipinski definition) is 2. The van der Waals surface area contributed by atoms with E-state index in [0.29, 0.717) is 33.8 Å². The average molecular weight is 363 g/mol. The number of nitrogens with one attached hydrogen (secondary N) is 2. The van der Waals surface area contributed by atoms with Crippen LogP contribution in [0, 0.1) is 5.92 Å². The first-order valence-electron chi connectivity index (χ1n) is 7.94. The highest BCUT2D eigenvalue weighted by atomic mass is 35.5. The Bertz CT molecular complexity index is 763. The summed E-state index contributed by atoms with van der Waals surface area (Å²) in [5.74, 6) is 2.11. The molecule has 0 unspecified atom stereocenters. The van der Waals surface area contributed by atoms with Crippen LogP contribution in [0.4, 0.5) is 17.3 Å². The van der Waals surface area contributed by atoms with Gasteiger partial charge in [-0.3, -0.25) is 4.79 Å². The van der Waals surface area contributed by atoms with E-state index in [9.17, 15) is 4.79 Å². The molecule has 1 aromatic heterocycles. The van der Waals surface area contributed by atoms with Crippen LogP contribution in [0.25, 0.3) is 0 Å². The van der Waals surface area contributed by atoms with E-state index in [-0.39, 0.29) is 11.8 Å². The monoisotopic (exact) mass is 362 g/mol. The molecule has 0 bridgehead atoms. The number of hydrogen-bond acceptors (Lipinski definition) is 6. The fourth-order valence-corrected chi connectivity index (χ4v) is 2.69. The number of amides is 1. The largest absolute Gasteiger partial charge is 0.495 e. The number of rotatable bonds is 6. The summed E-state index contributed by atoms with van der Waals surface area (Å²) in [4.78, 5) is 11.9. The molecular formula is C17H19ClN4O3. The second kappa shape index (κ2) is 7.57. The number of anilines is 3. The molecule has 25 heavy (non-hydrogen) atoms. The number of aromatic nitrogens is 2. The molecule has 1 amide bonds. The van der Waals surface area contributed by atoms with Gasteiger partial charge in [-0.25, -0.2) is 0 Å². The van der Waals surface area contributed by atoms with Gasteiger partial charge in [0.15, 0.2) is 11.6 Å².